The predicted octanol–water partition coefficient (Wildman–Crippen LogP) is 5.36. The summed E-state index contributed by atoms with van der Waals surface area (Å²) in [4.78, 5) is 94.9. The van der Waals surface area contributed by atoms with Crippen LogP contribution in [0.3, 0.4) is 0 Å². The number of fused-ring (bicyclic) bond motifs is 1. The number of benzene rings is 2. The van der Waals surface area contributed by atoms with E-state index in [-0.39, 0.29) is 68.8 Å². The third-order valence-corrected chi connectivity index (χ3v) is 10.4. The van der Waals surface area contributed by atoms with Crippen LogP contribution in [0.2, 0.25) is 0 Å². The summed E-state index contributed by atoms with van der Waals surface area (Å²) in [6.07, 6.45) is 4.71. The molecule has 1 aliphatic carbocycles. The Hall–Kier alpha value is -4.67. The fraction of sp³-hybridized carbons (Fsp3) is 0.548. The smallest absolute Gasteiger partial charge is 0.306 e. The second-order valence-corrected chi connectivity index (χ2v) is 15.0. The quantitative estimate of drug-likeness (QED) is 0.144. The molecule has 0 aromatic heterocycles. The van der Waals surface area contributed by atoms with Gasteiger partial charge in [-0.2, -0.15) is 0 Å². The number of nitrogens with two attached hydrogens (primary N) is 1. The van der Waals surface area contributed by atoms with Gasteiger partial charge >= 0.3 is 5.97 Å². The maximum atomic E-state index is 14.6. The Balaban J connectivity index is 1.49. The van der Waals surface area contributed by atoms with E-state index in [2.05, 4.69) is 5.32 Å². The Labute approximate surface area is 312 Å². The molecule has 1 saturated carbocycles. The second kappa shape index (κ2) is 20.0. The highest BCUT2D eigenvalue weighted by Crippen LogP contribution is 2.36. The first kappa shape index (κ1) is 41.1. The van der Waals surface area contributed by atoms with Crippen molar-refractivity contribution in [3.8, 4) is 0 Å². The maximum absolute atomic E-state index is 14.6. The number of ether oxygens (including phenoxy) is 1. The van der Waals surface area contributed by atoms with Crippen molar-refractivity contribution in [2.45, 2.75) is 116 Å². The number of nitrogens with one attached hydrogen (secondary N) is 1. The zero-order valence-electron chi connectivity index (χ0n) is 31.4. The number of carbonyl (C=O) groups excluding carboxylic acids is 7. The summed E-state index contributed by atoms with van der Waals surface area (Å²) in [5.41, 5.74) is 7.86. The number of hydrogen-bond donors (Lipinski definition) is 2. The molecule has 11 heteroatoms. The molecule has 2 aromatic rings. The summed E-state index contributed by atoms with van der Waals surface area (Å²) in [7, 11) is 0. The van der Waals surface area contributed by atoms with Crippen LogP contribution < -0.4 is 11.1 Å². The lowest BCUT2D eigenvalue weighted by Gasteiger charge is -2.40. The van der Waals surface area contributed by atoms with E-state index in [4.69, 9.17) is 10.5 Å². The normalized spacial score (nSPS) is 17.6. The van der Waals surface area contributed by atoms with E-state index in [1.165, 1.54) is 0 Å². The lowest BCUT2D eigenvalue weighted by Crippen LogP contribution is -2.52. The van der Waals surface area contributed by atoms with E-state index in [1.807, 2.05) is 45.0 Å². The molecule has 0 bridgehead atoms. The zero-order chi connectivity index (χ0) is 38.5. The van der Waals surface area contributed by atoms with Gasteiger partial charge in [0.05, 0.1) is 25.0 Å². The number of carbonyl (C=O) groups is 7. The number of amides is 3. The molecule has 0 radical (unpaired) electrons. The van der Waals surface area contributed by atoms with Gasteiger partial charge in [-0.1, -0.05) is 101 Å². The molecular formula is C42H55N3O8. The average Bonchev–Trinajstić information content (AvgIpc) is 3.16. The molecule has 0 spiro atoms. The molecule has 3 N–H and O–H groups in total. The zero-order valence-corrected chi connectivity index (χ0v) is 31.4. The third kappa shape index (κ3) is 11.7. The number of Topliss-reactive ketones (excluding diaryl/α,β-unsaturated/α-hetero) is 3. The minimum atomic E-state index is -1.09. The molecule has 11 nitrogen and oxygen atoms in total. The molecule has 1 heterocycles. The molecule has 4 rings (SSSR count). The molecule has 286 valence electrons. The highest BCUT2D eigenvalue weighted by Gasteiger charge is 2.42. The SMILES string of the molecule is CCCC(CC(=O)C1Cc2ccccc2CN1C(=O)C(CC(=O)OCC(C)C)C1CCCCC1)C(=O)C(=O)CCC(=O)NC(C(N)=O)c1ccccc1. The number of rotatable bonds is 19. The first-order chi connectivity index (χ1) is 25.4. The van der Waals surface area contributed by atoms with Crippen molar-refractivity contribution in [1.29, 1.82) is 0 Å². The Morgan fingerprint density at radius 3 is 2.17 bits per heavy atom. The lowest BCUT2D eigenvalue weighted by atomic mass is 9.77. The summed E-state index contributed by atoms with van der Waals surface area (Å²) in [5, 5.41) is 2.54. The number of esters is 1. The third-order valence-electron chi connectivity index (χ3n) is 10.4. The van der Waals surface area contributed by atoms with Gasteiger partial charge in [0.15, 0.2) is 11.6 Å². The van der Waals surface area contributed by atoms with Crippen molar-refractivity contribution < 1.29 is 38.3 Å². The van der Waals surface area contributed by atoms with Crippen LogP contribution in [0.5, 0.6) is 0 Å². The summed E-state index contributed by atoms with van der Waals surface area (Å²) in [5.74, 6) is -5.28. The van der Waals surface area contributed by atoms with Gasteiger partial charge in [-0.25, -0.2) is 0 Å². The molecule has 2 aromatic carbocycles. The summed E-state index contributed by atoms with van der Waals surface area (Å²) < 4.78 is 5.51. The van der Waals surface area contributed by atoms with Crippen molar-refractivity contribution in [1.82, 2.24) is 10.2 Å². The largest absolute Gasteiger partial charge is 0.465 e. The van der Waals surface area contributed by atoms with E-state index >= 15 is 0 Å². The van der Waals surface area contributed by atoms with Crippen LogP contribution in [-0.2, 0) is 51.3 Å². The van der Waals surface area contributed by atoms with Crippen molar-refractivity contribution in [3.05, 3.63) is 71.3 Å². The van der Waals surface area contributed by atoms with Crippen LogP contribution in [0.15, 0.2) is 54.6 Å². The van der Waals surface area contributed by atoms with Crippen LogP contribution >= 0.6 is 0 Å². The van der Waals surface area contributed by atoms with Gasteiger partial charge in [-0.05, 0) is 47.8 Å². The Bertz CT molecular complexity index is 1620. The number of hydrogen-bond acceptors (Lipinski definition) is 8. The van der Waals surface area contributed by atoms with Gasteiger partial charge < -0.3 is 20.7 Å². The van der Waals surface area contributed by atoms with Crippen LogP contribution in [-0.4, -0.2) is 58.6 Å². The summed E-state index contributed by atoms with van der Waals surface area (Å²) >= 11 is 0. The first-order valence-corrected chi connectivity index (χ1v) is 19.2. The molecule has 2 aliphatic rings. The van der Waals surface area contributed by atoms with Gasteiger partial charge in [-0.15, -0.1) is 0 Å². The van der Waals surface area contributed by atoms with Crippen molar-refractivity contribution in [3.63, 3.8) is 0 Å². The standard InChI is InChI=1S/C42H55N3O8/c1-4-13-31(40(50)35(46)20-21-37(48)44-39(41(43)51)29-16-9-6-10-17-29)23-36(47)34-22-30-18-11-12-19-32(30)25-45(34)42(52)33(28-14-7-5-8-15-28)24-38(49)53-26-27(2)3/h6,9-12,16-19,27-28,31,33-34,39H,4-5,7-8,13-15,20-26H2,1-3H3,(H2,43,51)(H,44,48). The topological polar surface area (TPSA) is 170 Å². The minimum absolute atomic E-state index is 0.00837. The van der Waals surface area contributed by atoms with Crippen molar-refractivity contribution in [2.24, 2.45) is 29.4 Å². The monoisotopic (exact) mass is 729 g/mol. The highest BCUT2D eigenvalue weighted by atomic mass is 16.5. The van der Waals surface area contributed by atoms with Gasteiger partial charge in [0.1, 0.15) is 6.04 Å². The van der Waals surface area contributed by atoms with E-state index in [0.717, 1.165) is 43.2 Å². The van der Waals surface area contributed by atoms with Crippen LogP contribution in [0.25, 0.3) is 0 Å². The minimum Gasteiger partial charge on any atom is -0.465 e. The van der Waals surface area contributed by atoms with Crippen molar-refractivity contribution >= 4 is 41.0 Å². The van der Waals surface area contributed by atoms with Gasteiger partial charge in [0.25, 0.3) is 0 Å². The van der Waals surface area contributed by atoms with Gasteiger partial charge in [-0.3, -0.25) is 33.6 Å². The van der Waals surface area contributed by atoms with E-state index < -0.39 is 59.7 Å². The predicted molar refractivity (Wildman–Crippen MR) is 199 cm³/mol. The lowest BCUT2D eigenvalue weighted by molar-refractivity contribution is -0.154. The fourth-order valence-corrected chi connectivity index (χ4v) is 7.57. The molecule has 53 heavy (non-hydrogen) atoms. The van der Waals surface area contributed by atoms with Gasteiger partial charge in [0.2, 0.25) is 23.5 Å². The van der Waals surface area contributed by atoms with E-state index in [9.17, 15) is 33.6 Å². The average molecular weight is 730 g/mol. The maximum Gasteiger partial charge on any atom is 0.306 e. The van der Waals surface area contributed by atoms with E-state index in [0.29, 0.717) is 12.0 Å². The molecule has 1 fully saturated rings. The molecule has 4 unspecified atom stereocenters. The second-order valence-electron chi connectivity index (χ2n) is 15.0. The fourth-order valence-electron chi connectivity index (χ4n) is 7.57. The van der Waals surface area contributed by atoms with E-state index in [1.54, 1.807) is 35.2 Å². The Morgan fingerprint density at radius 1 is 0.868 bits per heavy atom. The van der Waals surface area contributed by atoms with Gasteiger partial charge in [0, 0.05) is 38.1 Å². The number of nitrogens with zero attached hydrogens (tertiary/aromatic N) is 1. The van der Waals surface area contributed by atoms with Crippen LogP contribution in [0, 0.1) is 23.7 Å². The van der Waals surface area contributed by atoms with Crippen LogP contribution in [0.1, 0.15) is 114 Å². The summed E-state index contributed by atoms with van der Waals surface area (Å²) in [6, 6.07) is 14.2. The Kier molecular flexibility index (Phi) is 15.5. The molecule has 3 amide bonds. The number of ketones is 3. The molecule has 4 atom stereocenters. The molecule has 1 aliphatic heterocycles. The van der Waals surface area contributed by atoms with Crippen molar-refractivity contribution in [2.75, 3.05) is 6.61 Å². The van der Waals surface area contributed by atoms with Crippen LogP contribution in [0.4, 0.5) is 0 Å². The molecular weight excluding hydrogens is 674 g/mol. The number of primary amides is 1. The first-order valence-electron chi connectivity index (χ1n) is 19.2. The Morgan fingerprint density at radius 2 is 1.53 bits per heavy atom. The molecule has 0 saturated heterocycles. The summed E-state index contributed by atoms with van der Waals surface area (Å²) in [6.45, 7) is 6.22. The highest BCUT2D eigenvalue weighted by molar-refractivity contribution is 6.38.